The Hall–Kier alpha value is -2.86. The Kier molecular flexibility index (Phi) is 7.03. The van der Waals surface area contributed by atoms with Crippen LogP contribution in [0.2, 0.25) is 10.0 Å². The van der Waals surface area contributed by atoms with Gasteiger partial charge in [-0.15, -0.1) is 0 Å². The van der Waals surface area contributed by atoms with Crippen molar-refractivity contribution in [3.63, 3.8) is 0 Å². The molecule has 2 N–H and O–H groups in total. The van der Waals surface area contributed by atoms with Gasteiger partial charge in [-0.1, -0.05) is 77.8 Å². The summed E-state index contributed by atoms with van der Waals surface area (Å²) in [7, 11) is 0. The second-order valence-electron chi connectivity index (χ2n) is 8.21. The molecule has 0 radical (unpaired) electrons. The first-order valence-corrected chi connectivity index (χ1v) is 11.5. The van der Waals surface area contributed by atoms with Crippen molar-refractivity contribution >= 4 is 40.5 Å². The second-order valence-corrected chi connectivity index (χ2v) is 9.03. The molecule has 0 aromatic heterocycles. The van der Waals surface area contributed by atoms with Gasteiger partial charge in [-0.05, 0) is 37.6 Å². The zero-order valence-corrected chi connectivity index (χ0v) is 19.9. The van der Waals surface area contributed by atoms with Crippen molar-refractivity contribution in [3.8, 4) is 0 Å². The zero-order chi connectivity index (χ0) is 23.5. The summed E-state index contributed by atoms with van der Waals surface area (Å²) in [4.78, 5) is 19.7. The van der Waals surface area contributed by atoms with Crippen LogP contribution in [0.5, 0.6) is 0 Å². The molecule has 1 aliphatic heterocycles. The van der Waals surface area contributed by atoms with Gasteiger partial charge >= 0.3 is 0 Å². The number of amides is 1. The molecule has 0 spiro atoms. The lowest BCUT2D eigenvalue weighted by molar-refractivity contribution is -0.121. The van der Waals surface area contributed by atoms with Gasteiger partial charge in [0.25, 0.3) is 0 Å². The molecule has 0 aliphatic carbocycles. The summed E-state index contributed by atoms with van der Waals surface area (Å²) in [5, 5.41) is 15.1. The maximum Gasteiger partial charge on any atom is 0.226 e. The van der Waals surface area contributed by atoms with Crippen LogP contribution in [0.1, 0.15) is 30.5 Å². The summed E-state index contributed by atoms with van der Waals surface area (Å²) in [6.07, 6.45) is -1.83. The Morgan fingerprint density at radius 3 is 2.42 bits per heavy atom. The van der Waals surface area contributed by atoms with Crippen LogP contribution >= 0.6 is 23.2 Å². The highest BCUT2D eigenvalue weighted by Crippen LogP contribution is 2.31. The van der Waals surface area contributed by atoms with Gasteiger partial charge in [0.1, 0.15) is 0 Å². The van der Waals surface area contributed by atoms with Gasteiger partial charge in [-0.2, -0.15) is 0 Å². The molecule has 0 saturated carbocycles. The average molecular weight is 482 g/mol. The molecule has 0 saturated heterocycles. The number of benzene rings is 3. The number of carbonyl (C=O) groups is 1. The van der Waals surface area contributed by atoms with Crippen molar-refractivity contribution in [1.82, 2.24) is 5.32 Å². The number of aliphatic hydroxyl groups excluding tert-OH is 1. The fraction of sp³-hybridized carbons (Fsp3) is 0.231. The molecular weight excluding hydrogens is 457 g/mol. The molecule has 7 heteroatoms. The SMILES string of the molecule is CC(C)N1c2ccccc2C(c2ccccc2)=NC(NC(=O)Cc2ccc(Cl)c(Cl)c2)C1O. The van der Waals surface area contributed by atoms with Crippen molar-refractivity contribution in [2.24, 2.45) is 4.99 Å². The monoisotopic (exact) mass is 481 g/mol. The molecule has 2 unspecified atom stereocenters. The third-order valence-corrected chi connectivity index (χ3v) is 6.27. The van der Waals surface area contributed by atoms with E-state index in [-0.39, 0.29) is 18.4 Å². The molecular formula is C26H25Cl2N3O2. The maximum absolute atomic E-state index is 12.9. The molecule has 2 atom stereocenters. The quantitative estimate of drug-likeness (QED) is 0.534. The summed E-state index contributed by atoms with van der Waals surface area (Å²) in [6.45, 7) is 4.00. The minimum atomic E-state index is -1.05. The highest BCUT2D eigenvalue weighted by Gasteiger charge is 2.34. The first kappa shape index (κ1) is 23.3. The van der Waals surface area contributed by atoms with Gasteiger partial charge in [-0.25, -0.2) is 0 Å². The van der Waals surface area contributed by atoms with Crippen molar-refractivity contribution in [2.75, 3.05) is 4.90 Å². The van der Waals surface area contributed by atoms with E-state index in [1.807, 2.05) is 73.3 Å². The van der Waals surface area contributed by atoms with E-state index >= 15 is 0 Å². The van der Waals surface area contributed by atoms with Crippen LogP contribution in [0.15, 0.2) is 77.8 Å². The lowest BCUT2D eigenvalue weighted by Crippen LogP contribution is -2.53. The molecule has 3 aromatic rings. The molecule has 4 rings (SSSR count). The van der Waals surface area contributed by atoms with Gasteiger partial charge in [0, 0.05) is 22.9 Å². The Morgan fingerprint density at radius 1 is 1.03 bits per heavy atom. The third kappa shape index (κ3) is 5.06. The zero-order valence-electron chi connectivity index (χ0n) is 18.4. The number of benzodiazepines with no additional fused rings is 1. The molecule has 0 fully saturated rings. The van der Waals surface area contributed by atoms with E-state index in [0.29, 0.717) is 15.8 Å². The van der Waals surface area contributed by atoms with Crippen LogP contribution < -0.4 is 10.2 Å². The lowest BCUT2D eigenvalue weighted by atomic mass is 10.00. The van der Waals surface area contributed by atoms with Crippen molar-refractivity contribution in [1.29, 1.82) is 0 Å². The first-order chi connectivity index (χ1) is 15.8. The van der Waals surface area contributed by atoms with E-state index in [0.717, 1.165) is 22.4 Å². The largest absolute Gasteiger partial charge is 0.370 e. The standard InChI is InChI=1S/C26H25Cl2N3O2/c1-16(2)31-22-11-7-6-10-19(22)24(18-8-4-3-5-9-18)30-25(26(31)33)29-23(32)15-17-12-13-20(27)21(28)14-17/h3-14,16,25-26,33H,15H2,1-2H3,(H,29,32). The number of rotatable bonds is 5. The first-order valence-electron chi connectivity index (χ1n) is 10.8. The fourth-order valence-corrected chi connectivity index (χ4v) is 4.36. The number of fused-ring (bicyclic) bond motifs is 1. The highest BCUT2D eigenvalue weighted by atomic mass is 35.5. The van der Waals surface area contributed by atoms with E-state index in [2.05, 4.69) is 5.32 Å². The van der Waals surface area contributed by atoms with Gasteiger partial charge in [-0.3, -0.25) is 9.79 Å². The Morgan fingerprint density at radius 2 is 1.73 bits per heavy atom. The Labute approximate surface area is 203 Å². The molecule has 3 aromatic carbocycles. The number of aliphatic hydroxyl groups is 1. The second kappa shape index (κ2) is 9.96. The summed E-state index contributed by atoms with van der Waals surface area (Å²) in [5.41, 5.74) is 4.11. The Bertz CT molecular complexity index is 1180. The molecule has 1 amide bonds. The van der Waals surface area contributed by atoms with Crippen LogP contribution in [-0.4, -0.2) is 35.2 Å². The minimum absolute atomic E-state index is 0.0269. The van der Waals surface area contributed by atoms with Crippen LogP contribution in [-0.2, 0) is 11.2 Å². The molecule has 33 heavy (non-hydrogen) atoms. The molecule has 0 bridgehead atoms. The summed E-state index contributed by atoms with van der Waals surface area (Å²) in [6, 6.07) is 22.7. The highest BCUT2D eigenvalue weighted by molar-refractivity contribution is 6.42. The minimum Gasteiger partial charge on any atom is -0.370 e. The third-order valence-electron chi connectivity index (χ3n) is 5.53. The predicted octanol–water partition coefficient (Wildman–Crippen LogP) is 5.06. The average Bonchev–Trinajstić information content (AvgIpc) is 2.91. The van der Waals surface area contributed by atoms with Crippen molar-refractivity contribution in [2.45, 2.75) is 38.7 Å². The summed E-state index contributed by atoms with van der Waals surface area (Å²) >= 11 is 12.1. The molecule has 170 valence electrons. The summed E-state index contributed by atoms with van der Waals surface area (Å²) in [5.74, 6) is -0.275. The molecule has 1 aliphatic rings. The van der Waals surface area contributed by atoms with Gasteiger partial charge in [0.2, 0.25) is 5.91 Å². The lowest BCUT2D eigenvalue weighted by Gasteiger charge is -2.36. The predicted molar refractivity (Wildman–Crippen MR) is 134 cm³/mol. The number of nitrogens with one attached hydrogen (secondary N) is 1. The number of carbonyl (C=O) groups excluding carboxylic acids is 1. The van der Waals surface area contributed by atoms with E-state index in [4.69, 9.17) is 28.2 Å². The number of aliphatic imine (C=N–C) groups is 1. The topological polar surface area (TPSA) is 64.9 Å². The fourth-order valence-electron chi connectivity index (χ4n) is 4.04. The van der Waals surface area contributed by atoms with Crippen LogP contribution in [0.4, 0.5) is 5.69 Å². The number of para-hydroxylation sites is 1. The van der Waals surface area contributed by atoms with Gasteiger partial charge < -0.3 is 15.3 Å². The van der Waals surface area contributed by atoms with Gasteiger partial charge in [0.15, 0.2) is 12.4 Å². The maximum atomic E-state index is 12.9. The summed E-state index contributed by atoms with van der Waals surface area (Å²) < 4.78 is 0. The van der Waals surface area contributed by atoms with E-state index < -0.39 is 12.4 Å². The number of nitrogens with zero attached hydrogens (tertiary/aromatic N) is 2. The van der Waals surface area contributed by atoms with Crippen molar-refractivity contribution in [3.05, 3.63) is 99.5 Å². The van der Waals surface area contributed by atoms with Crippen molar-refractivity contribution < 1.29 is 9.90 Å². The van der Waals surface area contributed by atoms with Crippen LogP contribution in [0.25, 0.3) is 0 Å². The van der Waals surface area contributed by atoms with Gasteiger partial charge in [0.05, 0.1) is 22.2 Å². The Balaban J connectivity index is 1.71. The number of halogens is 2. The van der Waals surface area contributed by atoms with E-state index in [1.54, 1.807) is 18.2 Å². The number of hydrogen-bond acceptors (Lipinski definition) is 4. The number of hydrogen-bond donors (Lipinski definition) is 2. The van der Waals surface area contributed by atoms with E-state index in [1.165, 1.54) is 0 Å². The van der Waals surface area contributed by atoms with Crippen LogP contribution in [0, 0.1) is 0 Å². The molecule has 1 heterocycles. The smallest absolute Gasteiger partial charge is 0.226 e. The normalized spacial score (nSPS) is 17.9. The van der Waals surface area contributed by atoms with Crippen LogP contribution in [0.3, 0.4) is 0 Å². The molecule has 5 nitrogen and oxygen atoms in total. The number of anilines is 1. The van der Waals surface area contributed by atoms with E-state index in [9.17, 15) is 9.90 Å².